The van der Waals surface area contributed by atoms with Gasteiger partial charge in [0.25, 0.3) is 5.91 Å². The van der Waals surface area contributed by atoms with Gasteiger partial charge in [0.05, 0.1) is 16.1 Å². The molecule has 0 spiro atoms. The van der Waals surface area contributed by atoms with Crippen molar-refractivity contribution in [1.82, 2.24) is 10.2 Å². The second kappa shape index (κ2) is 6.44. The third-order valence-electron chi connectivity index (χ3n) is 3.81. The average Bonchev–Trinajstić information content (AvgIpc) is 2.84. The lowest BCUT2D eigenvalue weighted by Gasteiger charge is -2.35. The summed E-state index contributed by atoms with van der Waals surface area (Å²) in [6.45, 7) is 8.25. The maximum atomic E-state index is 12.1. The van der Waals surface area contributed by atoms with E-state index in [9.17, 15) is 9.59 Å². The number of likely N-dealkylation sites (N-methyl/N-ethyl adjacent to an activating group) is 1. The molecule has 2 rings (SSSR count). The summed E-state index contributed by atoms with van der Waals surface area (Å²) >= 11 is 1.33. The molecule has 0 aromatic carbocycles. The Balaban J connectivity index is 2.36. The van der Waals surface area contributed by atoms with Crippen LogP contribution in [0.2, 0.25) is 0 Å². The summed E-state index contributed by atoms with van der Waals surface area (Å²) in [7, 11) is 1.58. The van der Waals surface area contributed by atoms with E-state index < -0.39 is 0 Å². The van der Waals surface area contributed by atoms with E-state index in [1.807, 2.05) is 0 Å². The van der Waals surface area contributed by atoms with Crippen molar-refractivity contribution >= 4 is 33.7 Å². The molecule has 1 aromatic heterocycles. The van der Waals surface area contributed by atoms with Crippen molar-refractivity contribution in [2.45, 2.75) is 13.8 Å². The minimum Gasteiger partial charge on any atom is -0.397 e. The van der Waals surface area contributed by atoms with Crippen LogP contribution in [0.25, 0.3) is 0 Å². The van der Waals surface area contributed by atoms with Gasteiger partial charge in [-0.15, -0.1) is 11.3 Å². The third-order valence-corrected chi connectivity index (χ3v) is 5.17. The van der Waals surface area contributed by atoms with Crippen molar-refractivity contribution < 1.29 is 9.59 Å². The van der Waals surface area contributed by atoms with Gasteiger partial charge < -0.3 is 20.9 Å². The number of Topliss-reactive ketones (excluding diaryl/α,β-unsaturated/α-hetero) is 1. The quantitative estimate of drug-likeness (QED) is 0.812. The number of anilines is 2. The third kappa shape index (κ3) is 3.03. The highest BCUT2D eigenvalue weighted by atomic mass is 32.1. The number of rotatable bonds is 4. The number of nitrogens with zero attached hydrogens (tertiary/aromatic N) is 2. The molecule has 1 aliphatic heterocycles. The number of hydrogen-bond acceptors (Lipinski definition) is 6. The molecule has 116 valence electrons. The molecule has 0 radical (unpaired) electrons. The monoisotopic (exact) mass is 310 g/mol. The number of piperazine rings is 1. The Bertz CT molecular complexity index is 547. The molecule has 1 saturated heterocycles. The molecule has 1 aliphatic rings. The number of ketones is 1. The van der Waals surface area contributed by atoms with Gasteiger partial charge in [0.15, 0.2) is 5.78 Å². The molecule has 0 saturated carbocycles. The predicted molar refractivity (Wildman–Crippen MR) is 86.5 cm³/mol. The number of nitrogen functional groups attached to an aromatic ring is 1. The number of carbonyl (C=O) groups is 2. The van der Waals surface area contributed by atoms with E-state index in [2.05, 4.69) is 22.0 Å². The Kier molecular flexibility index (Phi) is 4.84. The van der Waals surface area contributed by atoms with E-state index in [0.717, 1.165) is 37.7 Å². The largest absolute Gasteiger partial charge is 0.397 e. The average molecular weight is 310 g/mol. The number of nitrogens with one attached hydrogen (secondary N) is 1. The summed E-state index contributed by atoms with van der Waals surface area (Å²) in [5.41, 5.74) is 6.78. The Morgan fingerprint density at radius 2 is 1.90 bits per heavy atom. The SMILES string of the molecule is CCN1CCN(c2sc(C(C)=O)c(N)c2C(=O)NC)CC1. The molecule has 0 atom stereocenters. The Morgan fingerprint density at radius 1 is 1.29 bits per heavy atom. The van der Waals surface area contributed by atoms with Gasteiger partial charge in [-0.2, -0.15) is 0 Å². The summed E-state index contributed by atoms with van der Waals surface area (Å²) in [5.74, 6) is -0.328. The lowest BCUT2D eigenvalue weighted by molar-refractivity contribution is 0.0964. The van der Waals surface area contributed by atoms with Crippen LogP contribution in [0.5, 0.6) is 0 Å². The fourth-order valence-electron chi connectivity index (χ4n) is 2.53. The summed E-state index contributed by atoms with van der Waals surface area (Å²) in [4.78, 5) is 28.8. The van der Waals surface area contributed by atoms with Gasteiger partial charge in [-0.25, -0.2) is 0 Å². The van der Waals surface area contributed by atoms with E-state index in [0.29, 0.717) is 16.1 Å². The van der Waals surface area contributed by atoms with Gasteiger partial charge in [-0.1, -0.05) is 6.92 Å². The number of thiophene rings is 1. The van der Waals surface area contributed by atoms with E-state index in [1.165, 1.54) is 18.3 Å². The highest BCUT2D eigenvalue weighted by Gasteiger charge is 2.28. The topological polar surface area (TPSA) is 78.7 Å². The second-order valence-corrected chi connectivity index (χ2v) is 6.08. The molecule has 2 heterocycles. The lowest BCUT2D eigenvalue weighted by atomic mass is 10.2. The zero-order valence-corrected chi connectivity index (χ0v) is 13.5. The van der Waals surface area contributed by atoms with Crippen LogP contribution in [-0.2, 0) is 0 Å². The standard InChI is InChI=1S/C14H22N4O2S/c1-4-17-5-7-18(8-6-17)14-10(13(20)16-3)11(15)12(21-14)9(2)19/h4-8,15H2,1-3H3,(H,16,20). The summed E-state index contributed by atoms with van der Waals surface area (Å²) in [5, 5.41) is 3.43. The lowest BCUT2D eigenvalue weighted by Crippen LogP contribution is -2.46. The van der Waals surface area contributed by atoms with Crippen LogP contribution < -0.4 is 16.0 Å². The van der Waals surface area contributed by atoms with E-state index in [1.54, 1.807) is 7.05 Å². The molecule has 1 aromatic rings. The van der Waals surface area contributed by atoms with Crippen molar-refractivity contribution in [3.05, 3.63) is 10.4 Å². The highest BCUT2D eigenvalue weighted by Crippen LogP contribution is 2.38. The van der Waals surface area contributed by atoms with Crippen molar-refractivity contribution in [2.24, 2.45) is 0 Å². The Labute approximate surface area is 128 Å². The number of carbonyl (C=O) groups excluding carboxylic acids is 2. The van der Waals surface area contributed by atoms with Crippen LogP contribution in [0.1, 0.15) is 33.9 Å². The van der Waals surface area contributed by atoms with Gasteiger partial charge in [-0.3, -0.25) is 9.59 Å². The normalized spacial score (nSPS) is 16.0. The molecule has 6 nitrogen and oxygen atoms in total. The van der Waals surface area contributed by atoms with Crippen molar-refractivity contribution in [1.29, 1.82) is 0 Å². The summed E-state index contributed by atoms with van der Waals surface area (Å²) in [6, 6.07) is 0. The fourth-order valence-corrected chi connectivity index (χ4v) is 3.69. The zero-order valence-electron chi connectivity index (χ0n) is 12.7. The van der Waals surface area contributed by atoms with Gasteiger partial charge in [-0.05, 0) is 6.54 Å². The zero-order chi connectivity index (χ0) is 15.6. The molecule has 1 amide bonds. The van der Waals surface area contributed by atoms with E-state index in [4.69, 9.17) is 5.73 Å². The number of nitrogens with two attached hydrogens (primary N) is 1. The summed E-state index contributed by atoms with van der Waals surface area (Å²) < 4.78 is 0. The second-order valence-electron chi connectivity index (χ2n) is 5.08. The number of hydrogen-bond donors (Lipinski definition) is 2. The van der Waals surface area contributed by atoms with Gasteiger partial charge in [0.2, 0.25) is 0 Å². The first-order valence-corrected chi connectivity index (χ1v) is 7.93. The molecule has 1 fully saturated rings. The first-order chi connectivity index (χ1) is 9.99. The van der Waals surface area contributed by atoms with Crippen molar-refractivity contribution in [3.63, 3.8) is 0 Å². The molecule has 0 bridgehead atoms. The van der Waals surface area contributed by atoms with Crippen molar-refractivity contribution in [3.8, 4) is 0 Å². The number of amides is 1. The van der Waals surface area contributed by atoms with Crippen LogP contribution in [0, 0.1) is 0 Å². The molecule has 0 unspecified atom stereocenters. The maximum Gasteiger partial charge on any atom is 0.256 e. The van der Waals surface area contributed by atoms with Crippen LogP contribution in [-0.4, -0.2) is 56.4 Å². The van der Waals surface area contributed by atoms with Gasteiger partial charge in [0, 0.05) is 40.2 Å². The van der Waals surface area contributed by atoms with Crippen LogP contribution >= 0.6 is 11.3 Å². The Hall–Kier alpha value is -1.60. The molecular weight excluding hydrogens is 288 g/mol. The summed E-state index contributed by atoms with van der Waals surface area (Å²) in [6.07, 6.45) is 0. The first-order valence-electron chi connectivity index (χ1n) is 7.12. The molecule has 3 N–H and O–H groups in total. The smallest absolute Gasteiger partial charge is 0.256 e. The molecular formula is C14H22N4O2S. The molecule has 7 heteroatoms. The minimum atomic E-state index is -0.232. The van der Waals surface area contributed by atoms with E-state index >= 15 is 0 Å². The maximum absolute atomic E-state index is 12.1. The Morgan fingerprint density at radius 3 is 2.38 bits per heavy atom. The van der Waals surface area contributed by atoms with Crippen LogP contribution in [0.15, 0.2) is 0 Å². The minimum absolute atomic E-state index is 0.0962. The fraction of sp³-hybridized carbons (Fsp3) is 0.571. The molecule has 21 heavy (non-hydrogen) atoms. The highest BCUT2D eigenvalue weighted by molar-refractivity contribution is 7.19. The van der Waals surface area contributed by atoms with Gasteiger partial charge in [0.1, 0.15) is 5.00 Å². The van der Waals surface area contributed by atoms with E-state index in [-0.39, 0.29) is 11.7 Å². The van der Waals surface area contributed by atoms with Gasteiger partial charge >= 0.3 is 0 Å². The van der Waals surface area contributed by atoms with Crippen LogP contribution in [0.4, 0.5) is 10.7 Å². The predicted octanol–water partition coefficient (Wildman–Crippen LogP) is 1.03. The molecule has 0 aliphatic carbocycles. The van der Waals surface area contributed by atoms with Crippen LogP contribution in [0.3, 0.4) is 0 Å². The first kappa shape index (κ1) is 15.8. The van der Waals surface area contributed by atoms with Crippen molar-refractivity contribution in [2.75, 3.05) is 50.4 Å².